The molecule has 0 unspecified atom stereocenters. The van der Waals surface area contributed by atoms with E-state index in [-0.39, 0.29) is 0 Å². The van der Waals surface area contributed by atoms with E-state index in [1.54, 1.807) is 6.26 Å². The van der Waals surface area contributed by atoms with Crippen molar-refractivity contribution in [1.82, 2.24) is 5.32 Å². The summed E-state index contributed by atoms with van der Waals surface area (Å²) < 4.78 is 11.2. The number of furan rings is 1. The maximum atomic E-state index is 5.70. The zero-order chi connectivity index (χ0) is 13.9. The van der Waals surface area contributed by atoms with Gasteiger partial charge in [0.15, 0.2) is 0 Å². The van der Waals surface area contributed by atoms with Gasteiger partial charge in [-0.1, -0.05) is 40.0 Å². The van der Waals surface area contributed by atoms with E-state index in [1.165, 1.54) is 24.8 Å². The third-order valence-electron chi connectivity index (χ3n) is 3.08. The van der Waals surface area contributed by atoms with Crippen molar-refractivity contribution >= 4 is 0 Å². The van der Waals surface area contributed by atoms with E-state index < -0.39 is 0 Å². The lowest BCUT2D eigenvalue weighted by molar-refractivity contribution is 0.115. The molecule has 19 heavy (non-hydrogen) atoms. The van der Waals surface area contributed by atoms with E-state index in [2.05, 4.69) is 26.1 Å². The molecule has 1 heterocycles. The number of unbranched alkanes of at least 4 members (excludes halogenated alkanes) is 3. The number of hydrogen-bond acceptors (Lipinski definition) is 3. The van der Waals surface area contributed by atoms with Crippen molar-refractivity contribution in [2.45, 2.75) is 59.6 Å². The molecule has 3 nitrogen and oxygen atoms in total. The van der Waals surface area contributed by atoms with Crippen LogP contribution in [0.25, 0.3) is 0 Å². The lowest BCUT2D eigenvalue weighted by atomic mass is 10.2. The van der Waals surface area contributed by atoms with Crippen LogP contribution in [0.15, 0.2) is 16.7 Å². The van der Waals surface area contributed by atoms with Gasteiger partial charge in [0, 0.05) is 12.2 Å². The van der Waals surface area contributed by atoms with Gasteiger partial charge >= 0.3 is 0 Å². The smallest absolute Gasteiger partial charge is 0.123 e. The highest BCUT2D eigenvalue weighted by Crippen LogP contribution is 2.12. The lowest BCUT2D eigenvalue weighted by Crippen LogP contribution is -2.19. The van der Waals surface area contributed by atoms with Gasteiger partial charge in [0.25, 0.3) is 0 Å². The minimum absolute atomic E-state index is 0.660. The molecule has 0 atom stereocenters. The average Bonchev–Trinajstić information content (AvgIpc) is 2.81. The van der Waals surface area contributed by atoms with E-state index in [4.69, 9.17) is 9.15 Å². The summed E-state index contributed by atoms with van der Waals surface area (Å²) in [5.74, 6) is 1.67. The van der Waals surface area contributed by atoms with Crippen LogP contribution >= 0.6 is 0 Å². The Labute approximate surface area is 117 Å². The van der Waals surface area contributed by atoms with Gasteiger partial charge in [0.1, 0.15) is 5.76 Å². The standard InChI is InChI=1S/C16H29NO2/c1-4-5-6-7-9-18-13-15-8-10-19-16(15)12-17-11-14(2)3/h8,10,14,17H,4-7,9,11-13H2,1-3H3. The molecule has 0 saturated carbocycles. The molecule has 110 valence electrons. The van der Waals surface area contributed by atoms with Gasteiger partial charge in [-0.2, -0.15) is 0 Å². The Morgan fingerprint density at radius 3 is 2.84 bits per heavy atom. The quantitative estimate of drug-likeness (QED) is 0.612. The molecule has 0 fully saturated rings. The van der Waals surface area contributed by atoms with Crippen LogP contribution in [0.3, 0.4) is 0 Å². The van der Waals surface area contributed by atoms with Gasteiger partial charge in [-0.25, -0.2) is 0 Å². The molecule has 0 aliphatic heterocycles. The summed E-state index contributed by atoms with van der Waals surface area (Å²) in [5, 5.41) is 3.40. The maximum Gasteiger partial charge on any atom is 0.123 e. The number of hydrogen-bond donors (Lipinski definition) is 1. The molecule has 3 heteroatoms. The maximum absolute atomic E-state index is 5.70. The summed E-state index contributed by atoms with van der Waals surface area (Å²) in [6.45, 7) is 9.96. The van der Waals surface area contributed by atoms with Crippen LogP contribution in [0, 0.1) is 5.92 Å². The van der Waals surface area contributed by atoms with Gasteiger partial charge in [0.2, 0.25) is 0 Å². The first-order valence-corrected chi connectivity index (χ1v) is 7.57. The normalized spacial score (nSPS) is 11.4. The van der Waals surface area contributed by atoms with Crippen molar-refractivity contribution in [2.24, 2.45) is 5.92 Å². The highest BCUT2D eigenvalue weighted by Gasteiger charge is 2.06. The average molecular weight is 267 g/mol. The topological polar surface area (TPSA) is 34.4 Å². The van der Waals surface area contributed by atoms with Gasteiger partial charge in [-0.15, -0.1) is 0 Å². The van der Waals surface area contributed by atoms with Crippen molar-refractivity contribution in [2.75, 3.05) is 13.2 Å². The molecule has 0 aliphatic carbocycles. The molecule has 0 bridgehead atoms. The molecular formula is C16H29NO2. The van der Waals surface area contributed by atoms with E-state index in [0.29, 0.717) is 12.5 Å². The van der Waals surface area contributed by atoms with Gasteiger partial charge in [0.05, 0.1) is 19.4 Å². The predicted octanol–water partition coefficient (Wildman–Crippen LogP) is 4.12. The van der Waals surface area contributed by atoms with Crippen molar-refractivity contribution in [3.63, 3.8) is 0 Å². The molecule has 1 aromatic heterocycles. The van der Waals surface area contributed by atoms with Crippen molar-refractivity contribution in [3.05, 3.63) is 23.7 Å². The van der Waals surface area contributed by atoms with E-state index in [9.17, 15) is 0 Å². The molecule has 1 N–H and O–H groups in total. The molecule has 0 radical (unpaired) electrons. The Balaban J connectivity index is 2.17. The predicted molar refractivity (Wildman–Crippen MR) is 79.1 cm³/mol. The minimum Gasteiger partial charge on any atom is -0.468 e. The Hall–Kier alpha value is -0.800. The second-order valence-corrected chi connectivity index (χ2v) is 5.51. The summed E-state index contributed by atoms with van der Waals surface area (Å²) >= 11 is 0. The second-order valence-electron chi connectivity index (χ2n) is 5.51. The molecule has 0 aromatic carbocycles. The Morgan fingerprint density at radius 2 is 2.11 bits per heavy atom. The Kier molecular flexibility index (Phi) is 8.59. The molecule has 0 amide bonds. The highest BCUT2D eigenvalue weighted by molar-refractivity contribution is 5.15. The SMILES string of the molecule is CCCCCCOCc1ccoc1CNCC(C)C. The van der Waals surface area contributed by atoms with Crippen LogP contribution in [0.1, 0.15) is 57.8 Å². The summed E-state index contributed by atoms with van der Waals surface area (Å²) in [4.78, 5) is 0. The lowest BCUT2D eigenvalue weighted by Gasteiger charge is -2.08. The molecule has 0 saturated heterocycles. The third kappa shape index (κ3) is 7.38. The molecule has 1 rings (SSSR count). The van der Waals surface area contributed by atoms with Crippen LogP contribution in [0.2, 0.25) is 0 Å². The van der Waals surface area contributed by atoms with Gasteiger partial charge in [-0.3, -0.25) is 0 Å². The van der Waals surface area contributed by atoms with Crippen LogP contribution in [0.5, 0.6) is 0 Å². The monoisotopic (exact) mass is 267 g/mol. The summed E-state index contributed by atoms with van der Waals surface area (Å²) in [6, 6.07) is 2.01. The number of rotatable bonds is 11. The summed E-state index contributed by atoms with van der Waals surface area (Å²) in [7, 11) is 0. The molecule has 0 spiro atoms. The van der Waals surface area contributed by atoms with Gasteiger partial charge in [-0.05, 0) is 24.9 Å². The minimum atomic E-state index is 0.660. The number of ether oxygens (including phenoxy) is 1. The second kappa shape index (κ2) is 10.0. The largest absolute Gasteiger partial charge is 0.468 e. The zero-order valence-corrected chi connectivity index (χ0v) is 12.7. The first-order valence-electron chi connectivity index (χ1n) is 7.57. The van der Waals surface area contributed by atoms with E-state index in [1.807, 2.05) is 6.07 Å². The third-order valence-corrected chi connectivity index (χ3v) is 3.08. The molecule has 0 aliphatic rings. The van der Waals surface area contributed by atoms with Crippen molar-refractivity contribution in [3.8, 4) is 0 Å². The van der Waals surface area contributed by atoms with E-state index in [0.717, 1.165) is 31.9 Å². The van der Waals surface area contributed by atoms with Crippen molar-refractivity contribution < 1.29 is 9.15 Å². The Morgan fingerprint density at radius 1 is 1.26 bits per heavy atom. The fourth-order valence-electron chi connectivity index (χ4n) is 1.94. The molecule has 1 aromatic rings. The molecular weight excluding hydrogens is 238 g/mol. The van der Waals surface area contributed by atoms with Crippen molar-refractivity contribution in [1.29, 1.82) is 0 Å². The van der Waals surface area contributed by atoms with Crippen LogP contribution in [-0.4, -0.2) is 13.2 Å². The summed E-state index contributed by atoms with van der Waals surface area (Å²) in [6.07, 6.45) is 6.76. The summed E-state index contributed by atoms with van der Waals surface area (Å²) in [5.41, 5.74) is 1.17. The first kappa shape index (κ1) is 16.3. The first-order chi connectivity index (χ1) is 9.24. The fraction of sp³-hybridized carbons (Fsp3) is 0.750. The Bertz CT molecular complexity index is 320. The zero-order valence-electron chi connectivity index (χ0n) is 12.7. The van der Waals surface area contributed by atoms with Crippen LogP contribution < -0.4 is 5.32 Å². The highest BCUT2D eigenvalue weighted by atomic mass is 16.5. The van der Waals surface area contributed by atoms with Gasteiger partial charge < -0.3 is 14.5 Å². The number of nitrogens with one attached hydrogen (secondary N) is 1. The fourth-order valence-corrected chi connectivity index (χ4v) is 1.94. The van der Waals surface area contributed by atoms with Crippen LogP contribution in [0.4, 0.5) is 0 Å². The van der Waals surface area contributed by atoms with Crippen LogP contribution in [-0.2, 0) is 17.9 Å². The van der Waals surface area contributed by atoms with E-state index >= 15 is 0 Å².